The van der Waals surface area contributed by atoms with E-state index in [0.29, 0.717) is 10.9 Å². The first kappa shape index (κ1) is 15.1. The molecule has 1 fully saturated rings. The van der Waals surface area contributed by atoms with E-state index in [9.17, 15) is 8.42 Å². The minimum Gasteiger partial charge on any atom is -0.396 e. The molecule has 0 aromatic carbocycles. The fourth-order valence-corrected chi connectivity index (χ4v) is 4.94. The van der Waals surface area contributed by atoms with Gasteiger partial charge in [-0.25, -0.2) is 8.42 Å². The summed E-state index contributed by atoms with van der Waals surface area (Å²) in [5, 5.41) is 9.69. The van der Waals surface area contributed by atoms with Gasteiger partial charge in [0, 0.05) is 13.6 Å². The van der Waals surface area contributed by atoms with Gasteiger partial charge in [0.15, 0.2) is 9.84 Å². The largest absolute Gasteiger partial charge is 0.396 e. The summed E-state index contributed by atoms with van der Waals surface area (Å²) in [5.74, 6) is 0.606. The van der Waals surface area contributed by atoms with Crippen molar-refractivity contribution in [3.8, 4) is 6.07 Å². The van der Waals surface area contributed by atoms with Crippen molar-refractivity contribution in [3.05, 3.63) is 4.88 Å². The lowest BCUT2D eigenvalue weighted by Crippen LogP contribution is -2.29. The van der Waals surface area contributed by atoms with E-state index in [2.05, 4.69) is 0 Å². The van der Waals surface area contributed by atoms with Crippen LogP contribution in [0.2, 0.25) is 0 Å². The SMILES string of the molecule is CCS(=O)(=O)c1c(N(C)CC2CCC2)sc(C#N)c1N. The standard InChI is InChI=1S/C13H19N3O2S2/c1-3-20(17,18)12-11(15)10(7-14)19-13(12)16(2)8-9-5-4-6-9/h9H,3-6,8,15H2,1-2H3. The van der Waals surface area contributed by atoms with Gasteiger partial charge in [0.25, 0.3) is 0 Å². The van der Waals surface area contributed by atoms with Crippen LogP contribution in [0.4, 0.5) is 10.7 Å². The third-order valence-corrected chi connectivity index (χ3v) is 6.93. The van der Waals surface area contributed by atoms with E-state index in [4.69, 9.17) is 11.0 Å². The summed E-state index contributed by atoms with van der Waals surface area (Å²) in [7, 11) is -1.55. The number of rotatable bonds is 5. The third kappa shape index (κ3) is 2.63. The highest BCUT2D eigenvalue weighted by Gasteiger charge is 2.29. The zero-order valence-corrected chi connectivity index (χ0v) is 13.4. The minimum atomic E-state index is -3.43. The molecule has 2 N–H and O–H groups in total. The Morgan fingerprint density at radius 3 is 2.60 bits per heavy atom. The number of nitrogen functional groups attached to an aromatic ring is 1. The predicted octanol–water partition coefficient (Wildman–Crippen LogP) is 2.23. The molecule has 2 rings (SSSR count). The van der Waals surface area contributed by atoms with E-state index < -0.39 is 9.84 Å². The molecule has 110 valence electrons. The molecule has 0 bridgehead atoms. The van der Waals surface area contributed by atoms with Gasteiger partial charge in [-0.2, -0.15) is 5.26 Å². The van der Waals surface area contributed by atoms with E-state index in [0.717, 1.165) is 6.54 Å². The van der Waals surface area contributed by atoms with Gasteiger partial charge in [0.05, 0.1) is 11.4 Å². The van der Waals surface area contributed by atoms with Crippen molar-refractivity contribution in [2.45, 2.75) is 31.1 Å². The Kier molecular flexibility index (Phi) is 4.25. The van der Waals surface area contributed by atoms with Crippen LogP contribution in [0.1, 0.15) is 31.1 Å². The van der Waals surface area contributed by atoms with Crippen molar-refractivity contribution < 1.29 is 8.42 Å². The van der Waals surface area contributed by atoms with E-state index in [1.807, 2.05) is 18.0 Å². The lowest BCUT2D eigenvalue weighted by molar-refractivity contribution is 0.321. The lowest BCUT2D eigenvalue weighted by Gasteiger charge is -2.31. The molecule has 0 spiro atoms. The molecule has 20 heavy (non-hydrogen) atoms. The van der Waals surface area contributed by atoms with Gasteiger partial charge in [0.2, 0.25) is 0 Å². The van der Waals surface area contributed by atoms with Crippen LogP contribution < -0.4 is 10.6 Å². The maximum absolute atomic E-state index is 12.2. The highest BCUT2D eigenvalue weighted by molar-refractivity contribution is 7.91. The molecule has 0 unspecified atom stereocenters. The van der Waals surface area contributed by atoms with Crippen LogP contribution in [0, 0.1) is 17.2 Å². The number of nitrogens with two attached hydrogens (primary N) is 1. The molecule has 0 atom stereocenters. The average molecular weight is 313 g/mol. The Balaban J connectivity index is 2.43. The molecule has 7 heteroatoms. The number of sulfone groups is 1. The first-order chi connectivity index (χ1) is 9.40. The summed E-state index contributed by atoms with van der Waals surface area (Å²) < 4.78 is 24.5. The van der Waals surface area contributed by atoms with Gasteiger partial charge >= 0.3 is 0 Å². The number of nitrogens with zero attached hydrogens (tertiary/aromatic N) is 2. The predicted molar refractivity (Wildman–Crippen MR) is 81.8 cm³/mol. The molecule has 1 saturated carbocycles. The van der Waals surface area contributed by atoms with Crippen molar-refractivity contribution in [1.82, 2.24) is 0 Å². The van der Waals surface area contributed by atoms with Crippen LogP contribution >= 0.6 is 11.3 Å². The van der Waals surface area contributed by atoms with Crippen LogP contribution in [-0.4, -0.2) is 27.8 Å². The smallest absolute Gasteiger partial charge is 0.183 e. The summed E-state index contributed by atoms with van der Waals surface area (Å²) in [6.45, 7) is 2.41. The minimum absolute atomic E-state index is 0.0108. The highest BCUT2D eigenvalue weighted by atomic mass is 32.2. The molecule has 0 aliphatic heterocycles. The van der Waals surface area contributed by atoms with Gasteiger partial charge in [-0.15, -0.1) is 11.3 Å². The monoisotopic (exact) mass is 313 g/mol. The number of anilines is 2. The topological polar surface area (TPSA) is 87.2 Å². The van der Waals surface area contributed by atoms with Gasteiger partial charge in [-0.3, -0.25) is 0 Å². The van der Waals surface area contributed by atoms with Crippen molar-refractivity contribution in [3.63, 3.8) is 0 Å². The van der Waals surface area contributed by atoms with Crippen LogP contribution in [0.15, 0.2) is 4.90 Å². The van der Waals surface area contributed by atoms with Gasteiger partial charge in [0.1, 0.15) is 20.8 Å². The Morgan fingerprint density at radius 1 is 1.50 bits per heavy atom. The third-order valence-electron chi connectivity index (χ3n) is 3.78. The van der Waals surface area contributed by atoms with Crippen LogP contribution in [0.25, 0.3) is 0 Å². The molecule has 1 aromatic rings. The molecule has 0 amide bonds. The van der Waals surface area contributed by atoms with E-state index >= 15 is 0 Å². The molecule has 1 aliphatic carbocycles. The second-order valence-electron chi connectivity index (χ2n) is 5.17. The number of hydrogen-bond acceptors (Lipinski definition) is 6. The summed E-state index contributed by atoms with van der Waals surface area (Å²) in [6.07, 6.45) is 3.62. The van der Waals surface area contributed by atoms with Crippen molar-refractivity contribution in [2.75, 3.05) is 30.0 Å². The fraction of sp³-hybridized carbons (Fsp3) is 0.615. The van der Waals surface area contributed by atoms with E-state index in [1.54, 1.807) is 6.92 Å². The van der Waals surface area contributed by atoms with Crippen LogP contribution in [0.3, 0.4) is 0 Å². The molecule has 1 heterocycles. The molecular weight excluding hydrogens is 294 g/mol. The molecule has 5 nitrogen and oxygen atoms in total. The summed E-state index contributed by atoms with van der Waals surface area (Å²) in [4.78, 5) is 2.37. The molecule has 1 aliphatic rings. The van der Waals surface area contributed by atoms with Crippen LogP contribution in [0.5, 0.6) is 0 Å². The number of nitriles is 1. The van der Waals surface area contributed by atoms with Crippen molar-refractivity contribution >= 4 is 31.9 Å². The average Bonchev–Trinajstić information content (AvgIpc) is 2.71. The number of thiophene rings is 1. The Bertz CT molecular complexity index is 639. The molecule has 0 radical (unpaired) electrons. The summed E-state index contributed by atoms with van der Waals surface area (Å²) in [5.41, 5.74) is 5.98. The van der Waals surface area contributed by atoms with Crippen molar-refractivity contribution in [2.24, 2.45) is 5.92 Å². The second kappa shape index (κ2) is 5.62. The number of hydrogen-bond donors (Lipinski definition) is 1. The first-order valence-corrected chi connectivity index (χ1v) is 9.13. The Hall–Kier alpha value is -1.26. The van der Waals surface area contributed by atoms with Gasteiger partial charge in [-0.1, -0.05) is 13.3 Å². The highest BCUT2D eigenvalue weighted by Crippen LogP contribution is 2.42. The second-order valence-corrected chi connectivity index (χ2v) is 8.39. The first-order valence-electron chi connectivity index (χ1n) is 6.67. The molecule has 1 aromatic heterocycles. The van der Waals surface area contributed by atoms with Gasteiger partial charge < -0.3 is 10.6 Å². The maximum Gasteiger partial charge on any atom is 0.183 e. The van der Waals surface area contributed by atoms with E-state index in [1.165, 1.54) is 30.6 Å². The maximum atomic E-state index is 12.2. The van der Waals surface area contributed by atoms with E-state index in [-0.39, 0.29) is 21.2 Å². The fourth-order valence-electron chi connectivity index (χ4n) is 2.34. The Morgan fingerprint density at radius 2 is 2.15 bits per heavy atom. The Labute approximate surface area is 123 Å². The summed E-state index contributed by atoms with van der Waals surface area (Å²) >= 11 is 1.17. The van der Waals surface area contributed by atoms with Crippen LogP contribution in [-0.2, 0) is 9.84 Å². The summed E-state index contributed by atoms with van der Waals surface area (Å²) in [6, 6.07) is 1.99. The molecule has 0 saturated heterocycles. The molecular formula is C13H19N3O2S2. The quantitative estimate of drug-likeness (QED) is 0.900. The zero-order chi connectivity index (χ0) is 14.9. The van der Waals surface area contributed by atoms with Crippen molar-refractivity contribution in [1.29, 1.82) is 5.26 Å². The van der Waals surface area contributed by atoms with Gasteiger partial charge in [-0.05, 0) is 18.8 Å². The normalized spacial score (nSPS) is 15.7. The zero-order valence-electron chi connectivity index (χ0n) is 11.7. The lowest BCUT2D eigenvalue weighted by atomic mass is 9.85.